The minimum atomic E-state index is -0.403. The zero-order valence-electron chi connectivity index (χ0n) is 18.9. The maximum absolute atomic E-state index is 10.7. The fraction of sp³-hybridized carbons (Fsp3) is 0.654. The molecule has 0 saturated heterocycles. The number of hydrogen-bond acceptors (Lipinski definition) is 6. The van der Waals surface area contributed by atoms with E-state index in [1.54, 1.807) is 16.9 Å². The lowest BCUT2D eigenvalue weighted by molar-refractivity contribution is -0.0205. The van der Waals surface area contributed by atoms with Gasteiger partial charge in [-0.2, -0.15) is 0 Å². The van der Waals surface area contributed by atoms with Crippen LogP contribution in [0.4, 0.5) is 0 Å². The number of aliphatic hydroxyl groups is 2. The first-order valence-electron chi connectivity index (χ1n) is 12.3. The quantitative estimate of drug-likeness (QED) is 0.468. The highest BCUT2D eigenvalue weighted by atomic mass is 32.1. The molecule has 1 aromatic carbocycles. The molecule has 5 nitrogen and oxygen atoms in total. The average Bonchev–Trinajstić information content (AvgIpc) is 3.73. The molecule has 6 heteroatoms. The van der Waals surface area contributed by atoms with Crippen LogP contribution < -0.4 is 4.74 Å². The van der Waals surface area contributed by atoms with E-state index in [1.807, 2.05) is 5.38 Å². The number of rotatable bonds is 11. The summed E-state index contributed by atoms with van der Waals surface area (Å²) in [5.74, 6) is 2.53. The van der Waals surface area contributed by atoms with Crippen LogP contribution in [0.25, 0.3) is 0 Å². The minimum absolute atomic E-state index is 0.0101. The molecule has 0 aliphatic heterocycles. The molecule has 0 radical (unpaired) electrons. The molecule has 32 heavy (non-hydrogen) atoms. The molecule has 0 spiro atoms. The summed E-state index contributed by atoms with van der Waals surface area (Å²) < 4.78 is 12.6. The second kappa shape index (κ2) is 9.80. The Morgan fingerprint density at radius 1 is 1.12 bits per heavy atom. The maximum Gasteiger partial charge on any atom is 0.122 e. The average molecular weight is 458 g/mol. The van der Waals surface area contributed by atoms with Gasteiger partial charge in [0.2, 0.25) is 0 Å². The van der Waals surface area contributed by atoms with Gasteiger partial charge in [-0.1, -0.05) is 19.4 Å². The van der Waals surface area contributed by atoms with Crippen LogP contribution in [0.1, 0.15) is 98.1 Å². The van der Waals surface area contributed by atoms with Crippen molar-refractivity contribution >= 4 is 11.3 Å². The molecule has 5 rings (SSSR count). The van der Waals surface area contributed by atoms with E-state index in [-0.39, 0.29) is 24.7 Å². The highest BCUT2D eigenvalue weighted by Gasteiger charge is 2.36. The Morgan fingerprint density at radius 3 is 2.59 bits per heavy atom. The molecule has 3 aliphatic rings. The van der Waals surface area contributed by atoms with E-state index in [0.29, 0.717) is 18.7 Å². The number of aromatic nitrogens is 1. The standard InChI is InChI=1S/C26H35NO4S/c1-2-3-25(26-27-19(13-28)15-32-26)31-21-10-18(24(29)12-21)14-30-20-8-9-22(16-4-5-16)23(11-20)17-6-7-17/h8-9,11,15-18,21,24-25,28-29H,2-7,10,12-14H2,1H3/t18-,21+,24-,25+/m0/s1. The molecule has 174 valence electrons. The Morgan fingerprint density at radius 2 is 1.91 bits per heavy atom. The third kappa shape index (κ3) is 5.19. The molecule has 2 aromatic rings. The second-order valence-electron chi connectivity index (χ2n) is 9.82. The summed E-state index contributed by atoms with van der Waals surface area (Å²) in [6, 6.07) is 6.66. The van der Waals surface area contributed by atoms with Gasteiger partial charge in [-0.3, -0.25) is 0 Å². The molecule has 0 amide bonds. The van der Waals surface area contributed by atoms with Gasteiger partial charge < -0.3 is 19.7 Å². The summed E-state index contributed by atoms with van der Waals surface area (Å²) in [4.78, 5) is 4.51. The van der Waals surface area contributed by atoms with Gasteiger partial charge in [-0.05, 0) is 80.0 Å². The molecular formula is C26H35NO4S. The number of aliphatic hydroxyl groups excluding tert-OH is 2. The predicted octanol–water partition coefficient (Wildman–Crippen LogP) is 5.47. The summed E-state index contributed by atoms with van der Waals surface area (Å²) >= 11 is 1.55. The van der Waals surface area contributed by atoms with Crippen LogP contribution in [0.15, 0.2) is 23.6 Å². The van der Waals surface area contributed by atoms with Crippen LogP contribution in [0.3, 0.4) is 0 Å². The Kier molecular flexibility index (Phi) is 6.84. The summed E-state index contributed by atoms with van der Waals surface area (Å²) in [6.45, 7) is 2.63. The Balaban J connectivity index is 1.17. The fourth-order valence-corrected chi connectivity index (χ4v) is 5.87. The highest BCUT2D eigenvalue weighted by molar-refractivity contribution is 7.09. The van der Waals surface area contributed by atoms with Crippen LogP contribution in [0.2, 0.25) is 0 Å². The summed E-state index contributed by atoms with van der Waals surface area (Å²) in [5, 5.41) is 22.8. The van der Waals surface area contributed by atoms with E-state index in [9.17, 15) is 10.2 Å². The zero-order valence-corrected chi connectivity index (χ0v) is 19.7. The van der Waals surface area contributed by atoms with Crippen LogP contribution in [-0.4, -0.2) is 34.0 Å². The van der Waals surface area contributed by atoms with Gasteiger partial charge in [0.15, 0.2) is 0 Å². The van der Waals surface area contributed by atoms with Gasteiger partial charge in [0.25, 0.3) is 0 Å². The lowest BCUT2D eigenvalue weighted by Gasteiger charge is -2.20. The predicted molar refractivity (Wildman–Crippen MR) is 125 cm³/mol. The second-order valence-corrected chi connectivity index (χ2v) is 10.7. The van der Waals surface area contributed by atoms with Crippen LogP contribution in [-0.2, 0) is 11.3 Å². The molecule has 3 saturated carbocycles. The lowest BCUT2D eigenvalue weighted by atomic mass is 9.99. The number of thiazole rings is 1. The van der Waals surface area contributed by atoms with Gasteiger partial charge >= 0.3 is 0 Å². The van der Waals surface area contributed by atoms with Crippen molar-refractivity contribution in [2.75, 3.05) is 6.61 Å². The lowest BCUT2D eigenvalue weighted by Crippen LogP contribution is -2.20. The summed E-state index contributed by atoms with van der Waals surface area (Å²) in [7, 11) is 0. The number of ether oxygens (including phenoxy) is 2. The third-order valence-corrected chi connectivity index (χ3v) is 8.07. The molecule has 3 fully saturated rings. The van der Waals surface area contributed by atoms with Gasteiger partial charge in [0.1, 0.15) is 16.9 Å². The molecule has 4 atom stereocenters. The topological polar surface area (TPSA) is 71.8 Å². The largest absolute Gasteiger partial charge is 0.493 e. The molecule has 1 aromatic heterocycles. The smallest absolute Gasteiger partial charge is 0.122 e. The van der Waals surface area contributed by atoms with Crippen molar-refractivity contribution in [1.82, 2.24) is 4.98 Å². The third-order valence-electron chi connectivity index (χ3n) is 7.09. The summed E-state index contributed by atoms with van der Waals surface area (Å²) in [6.07, 6.45) is 8.14. The first kappa shape index (κ1) is 22.3. The summed E-state index contributed by atoms with van der Waals surface area (Å²) in [5.41, 5.74) is 3.75. The minimum Gasteiger partial charge on any atom is -0.493 e. The Bertz CT molecular complexity index is 907. The van der Waals surface area contributed by atoms with E-state index in [1.165, 1.54) is 31.2 Å². The van der Waals surface area contributed by atoms with E-state index < -0.39 is 6.10 Å². The molecule has 3 aliphatic carbocycles. The number of benzene rings is 1. The van der Waals surface area contributed by atoms with Crippen molar-refractivity contribution in [1.29, 1.82) is 0 Å². The molecule has 0 unspecified atom stereocenters. The van der Waals surface area contributed by atoms with E-state index in [4.69, 9.17) is 9.47 Å². The van der Waals surface area contributed by atoms with Crippen molar-refractivity contribution in [2.45, 2.75) is 95.0 Å². The fourth-order valence-electron chi connectivity index (χ4n) is 4.99. The first-order chi connectivity index (χ1) is 15.6. The number of nitrogens with zero attached hydrogens (tertiary/aromatic N) is 1. The van der Waals surface area contributed by atoms with E-state index in [0.717, 1.165) is 41.9 Å². The van der Waals surface area contributed by atoms with Crippen LogP contribution in [0, 0.1) is 5.92 Å². The Hall–Kier alpha value is -1.47. The van der Waals surface area contributed by atoms with Gasteiger partial charge in [0.05, 0.1) is 31.1 Å². The van der Waals surface area contributed by atoms with Crippen molar-refractivity contribution in [3.63, 3.8) is 0 Å². The van der Waals surface area contributed by atoms with Crippen LogP contribution >= 0.6 is 11.3 Å². The van der Waals surface area contributed by atoms with E-state index in [2.05, 4.69) is 30.1 Å². The van der Waals surface area contributed by atoms with Gasteiger partial charge in [-0.15, -0.1) is 11.3 Å². The Labute approximate surface area is 194 Å². The SMILES string of the molecule is CCC[C@@H](O[C@@H]1C[C@@H](COc2ccc(C3CC3)c(C3CC3)c2)[C@@H](O)C1)c1nc(CO)cs1. The van der Waals surface area contributed by atoms with Crippen molar-refractivity contribution in [3.8, 4) is 5.75 Å². The monoisotopic (exact) mass is 457 g/mol. The number of hydrogen-bond donors (Lipinski definition) is 2. The van der Waals surface area contributed by atoms with Crippen LogP contribution in [0.5, 0.6) is 5.75 Å². The molecule has 0 bridgehead atoms. The highest BCUT2D eigenvalue weighted by Crippen LogP contribution is 2.50. The van der Waals surface area contributed by atoms with Gasteiger partial charge in [0, 0.05) is 11.3 Å². The maximum atomic E-state index is 10.7. The first-order valence-corrected chi connectivity index (χ1v) is 13.2. The van der Waals surface area contributed by atoms with Crippen molar-refractivity contribution in [3.05, 3.63) is 45.4 Å². The zero-order chi connectivity index (χ0) is 22.1. The van der Waals surface area contributed by atoms with Gasteiger partial charge in [-0.25, -0.2) is 4.98 Å². The van der Waals surface area contributed by atoms with Crippen molar-refractivity contribution < 1.29 is 19.7 Å². The molecule has 2 N–H and O–H groups in total. The van der Waals surface area contributed by atoms with Crippen molar-refractivity contribution in [2.24, 2.45) is 5.92 Å². The van der Waals surface area contributed by atoms with E-state index >= 15 is 0 Å². The molecule has 1 heterocycles. The normalized spacial score (nSPS) is 26.4. The molecular weight excluding hydrogens is 422 g/mol.